The standard InChI is InChI=1S/C18H36N4/c1-3-22-13-7-11-17(15-22)14-21-18(19-2)20-12-6-10-16-8-4-5-9-16/h16-17H,3-15H2,1-2H3,(H2,19,20,21). The Labute approximate surface area is 137 Å². The predicted molar refractivity (Wildman–Crippen MR) is 95.4 cm³/mol. The van der Waals surface area contributed by atoms with Gasteiger partial charge in [-0.2, -0.15) is 0 Å². The molecule has 2 aliphatic rings. The number of aliphatic imine (C=N–C) groups is 1. The van der Waals surface area contributed by atoms with Gasteiger partial charge < -0.3 is 15.5 Å². The fourth-order valence-electron chi connectivity index (χ4n) is 3.96. The van der Waals surface area contributed by atoms with Crippen LogP contribution in [0.15, 0.2) is 4.99 Å². The number of guanidine groups is 1. The van der Waals surface area contributed by atoms with Gasteiger partial charge in [-0.15, -0.1) is 0 Å². The summed E-state index contributed by atoms with van der Waals surface area (Å²) < 4.78 is 0. The molecule has 1 aliphatic heterocycles. The van der Waals surface area contributed by atoms with Crippen LogP contribution in [0.4, 0.5) is 0 Å². The molecule has 22 heavy (non-hydrogen) atoms. The van der Waals surface area contributed by atoms with Crippen LogP contribution in [-0.2, 0) is 0 Å². The van der Waals surface area contributed by atoms with Crippen molar-refractivity contribution in [2.45, 2.75) is 58.3 Å². The zero-order valence-corrected chi connectivity index (χ0v) is 14.7. The maximum atomic E-state index is 4.36. The SMILES string of the molecule is CCN1CCCC(CNC(=NC)NCCCC2CCCC2)C1. The van der Waals surface area contributed by atoms with Crippen LogP contribution in [0.1, 0.15) is 58.3 Å². The zero-order valence-electron chi connectivity index (χ0n) is 14.7. The van der Waals surface area contributed by atoms with E-state index in [-0.39, 0.29) is 0 Å². The number of rotatable bonds is 7. The lowest BCUT2D eigenvalue weighted by atomic mass is 9.98. The summed E-state index contributed by atoms with van der Waals surface area (Å²) in [4.78, 5) is 6.92. The van der Waals surface area contributed by atoms with Crippen LogP contribution in [0.3, 0.4) is 0 Å². The average molecular weight is 309 g/mol. The Morgan fingerprint density at radius 2 is 1.86 bits per heavy atom. The molecule has 128 valence electrons. The van der Waals surface area contributed by atoms with Gasteiger partial charge in [0.1, 0.15) is 0 Å². The first-order chi connectivity index (χ1) is 10.8. The minimum absolute atomic E-state index is 0.769. The van der Waals surface area contributed by atoms with E-state index in [0.29, 0.717) is 0 Å². The molecular weight excluding hydrogens is 272 g/mol. The molecule has 4 heteroatoms. The Bertz CT molecular complexity index is 323. The highest BCUT2D eigenvalue weighted by atomic mass is 15.2. The maximum absolute atomic E-state index is 4.36. The summed E-state index contributed by atoms with van der Waals surface area (Å²) in [5.41, 5.74) is 0. The third-order valence-electron chi connectivity index (χ3n) is 5.39. The van der Waals surface area contributed by atoms with Crippen molar-refractivity contribution < 1.29 is 0 Å². The lowest BCUT2D eigenvalue weighted by Gasteiger charge is -2.32. The van der Waals surface area contributed by atoms with Gasteiger partial charge >= 0.3 is 0 Å². The van der Waals surface area contributed by atoms with Crippen molar-refractivity contribution in [3.05, 3.63) is 0 Å². The second kappa shape index (κ2) is 10.1. The lowest BCUT2D eigenvalue weighted by Crippen LogP contribution is -2.44. The van der Waals surface area contributed by atoms with E-state index in [2.05, 4.69) is 27.4 Å². The van der Waals surface area contributed by atoms with Gasteiger partial charge in [0.05, 0.1) is 0 Å². The lowest BCUT2D eigenvalue weighted by molar-refractivity contribution is 0.183. The first-order valence-electron chi connectivity index (χ1n) is 9.48. The van der Waals surface area contributed by atoms with E-state index in [1.165, 1.54) is 71.0 Å². The first kappa shape index (κ1) is 17.6. The zero-order chi connectivity index (χ0) is 15.6. The molecule has 0 aromatic rings. The molecule has 0 aromatic heterocycles. The van der Waals surface area contributed by atoms with Crippen molar-refractivity contribution in [1.82, 2.24) is 15.5 Å². The molecule has 1 aliphatic carbocycles. The molecular formula is C18H36N4. The Balaban J connectivity index is 1.56. The van der Waals surface area contributed by atoms with Crippen LogP contribution in [0.2, 0.25) is 0 Å². The highest BCUT2D eigenvalue weighted by Gasteiger charge is 2.18. The fourth-order valence-corrected chi connectivity index (χ4v) is 3.96. The molecule has 0 bridgehead atoms. The normalized spacial score (nSPS) is 24.6. The van der Waals surface area contributed by atoms with Crippen LogP contribution < -0.4 is 10.6 Å². The van der Waals surface area contributed by atoms with Gasteiger partial charge in [-0.3, -0.25) is 4.99 Å². The first-order valence-corrected chi connectivity index (χ1v) is 9.48. The van der Waals surface area contributed by atoms with Crippen molar-refractivity contribution in [3.8, 4) is 0 Å². The minimum Gasteiger partial charge on any atom is -0.356 e. The fraction of sp³-hybridized carbons (Fsp3) is 0.944. The van der Waals surface area contributed by atoms with E-state index in [1.54, 1.807) is 0 Å². The van der Waals surface area contributed by atoms with E-state index in [1.807, 2.05) is 7.05 Å². The number of likely N-dealkylation sites (tertiary alicyclic amines) is 1. The summed E-state index contributed by atoms with van der Waals surface area (Å²) in [6, 6.07) is 0. The van der Waals surface area contributed by atoms with Gasteiger partial charge in [-0.05, 0) is 50.6 Å². The predicted octanol–water partition coefficient (Wildman–Crippen LogP) is 2.85. The third-order valence-corrected chi connectivity index (χ3v) is 5.39. The smallest absolute Gasteiger partial charge is 0.190 e. The van der Waals surface area contributed by atoms with E-state index < -0.39 is 0 Å². The van der Waals surface area contributed by atoms with Crippen LogP contribution >= 0.6 is 0 Å². The summed E-state index contributed by atoms with van der Waals surface area (Å²) in [6.07, 6.45) is 11.2. The molecule has 0 radical (unpaired) electrons. The molecule has 0 amide bonds. The highest BCUT2D eigenvalue weighted by molar-refractivity contribution is 5.79. The van der Waals surface area contributed by atoms with Gasteiger partial charge in [-0.25, -0.2) is 0 Å². The molecule has 1 atom stereocenters. The molecule has 0 aromatic carbocycles. The van der Waals surface area contributed by atoms with Crippen LogP contribution in [0.5, 0.6) is 0 Å². The third kappa shape index (κ3) is 6.15. The number of nitrogens with one attached hydrogen (secondary N) is 2. The summed E-state index contributed by atoms with van der Waals surface area (Å²) in [6.45, 7) is 8.08. The Kier molecular flexibility index (Phi) is 8.06. The number of piperidine rings is 1. The molecule has 0 spiro atoms. The van der Waals surface area contributed by atoms with Gasteiger partial charge in [0.2, 0.25) is 0 Å². The van der Waals surface area contributed by atoms with Gasteiger partial charge in [0.25, 0.3) is 0 Å². The summed E-state index contributed by atoms with van der Waals surface area (Å²) in [5.74, 6) is 2.75. The van der Waals surface area contributed by atoms with Gasteiger partial charge in [0, 0.05) is 26.7 Å². The molecule has 1 saturated carbocycles. The largest absolute Gasteiger partial charge is 0.356 e. The summed E-state index contributed by atoms with van der Waals surface area (Å²) >= 11 is 0. The number of nitrogens with zero attached hydrogens (tertiary/aromatic N) is 2. The minimum atomic E-state index is 0.769. The molecule has 1 unspecified atom stereocenters. The molecule has 1 saturated heterocycles. The van der Waals surface area contributed by atoms with E-state index in [9.17, 15) is 0 Å². The Hall–Kier alpha value is -0.770. The maximum Gasteiger partial charge on any atom is 0.190 e. The topological polar surface area (TPSA) is 39.7 Å². The van der Waals surface area contributed by atoms with Crippen LogP contribution in [0.25, 0.3) is 0 Å². The molecule has 4 nitrogen and oxygen atoms in total. The van der Waals surface area contributed by atoms with Crippen molar-refractivity contribution >= 4 is 5.96 Å². The summed E-state index contributed by atoms with van der Waals surface area (Å²) in [5, 5.41) is 7.01. The Morgan fingerprint density at radius 3 is 2.59 bits per heavy atom. The van der Waals surface area contributed by atoms with E-state index in [0.717, 1.165) is 30.9 Å². The van der Waals surface area contributed by atoms with Gasteiger partial charge in [-0.1, -0.05) is 32.6 Å². The van der Waals surface area contributed by atoms with Gasteiger partial charge in [0.15, 0.2) is 5.96 Å². The molecule has 2 rings (SSSR count). The van der Waals surface area contributed by atoms with E-state index >= 15 is 0 Å². The quantitative estimate of drug-likeness (QED) is 0.431. The van der Waals surface area contributed by atoms with Crippen LogP contribution in [-0.4, -0.2) is 50.6 Å². The number of hydrogen-bond donors (Lipinski definition) is 2. The van der Waals surface area contributed by atoms with Crippen molar-refractivity contribution in [2.75, 3.05) is 39.8 Å². The second-order valence-corrected chi connectivity index (χ2v) is 7.07. The highest BCUT2D eigenvalue weighted by Crippen LogP contribution is 2.28. The number of hydrogen-bond acceptors (Lipinski definition) is 2. The monoisotopic (exact) mass is 308 g/mol. The summed E-state index contributed by atoms with van der Waals surface area (Å²) in [7, 11) is 1.88. The van der Waals surface area contributed by atoms with E-state index in [4.69, 9.17) is 0 Å². The Morgan fingerprint density at radius 1 is 1.09 bits per heavy atom. The van der Waals surface area contributed by atoms with Crippen LogP contribution in [0, 0.1) is 11.8 Å². The molecule has 1 heterocycles. The molecule has 2 fully saturated rings. The van der Waals surface area contributed by atoms with Crippen molar-refractivity contribution in [2.24, 2.45) is 16.8 Å². The van der Waals surface area contributed by atoms with Crippen molar-refractivity contribution in [3.63, 3.8) is 0 Å². The van der Waals surface area contributed by atoms with Crippen molar-refractivity contribution in [1.29, 1.82) is 0 Å². The second-order valence-electron chi connectivity index (χ2n) is 7.07. The average Bonchev–Trinajstić information content (AvgIpc) is 3.08. The molecule has 2 N–H and O–H groups in total.